The van der Waals surface area contributed by atoms with Crippen molar-refractivity contribution >= 4 is 23.9 Å². The van der Waals surface area contributed by atoms with Crippen molar-refractivity contribution in [3.63, 3.8) is 0 Å². The van der Waals surface area contributed by atoms with E-state index in [2.05, 4.69) is 4.74 Å². The van der Waals surface area contributed by atoms with Gasteiger partial charge in [-0.1, -0.05) is 0 Å². The maximum absolute atomic E-state index is 11.5. The van der Waals surface area contributed by atoms with E-state index in [0.29, 0.717) is 6.61 Å². The predicted octanol–water partition coefficient (Wildman–Crippen LogP) is 1.80. The minimum atomic E-state index is -0.686. The number of cyclic esters (lactones) is 2. The number of hydrogen-bond donors (Lipinski definition) is 0. The second-order valence-corrected chi connectivity index (χ2v) is 4.89. The third-order valence-corrected chi connectivity index (χ3v) is 2.98. The summed E-state index contributed by atoms with van der Waals surface area (Å²) in [7, 11) is 0. The average molecular weight is 386 g/mol. The molecule has 9 nitrogen and oxygen atoms in total. The lowest BCUT2D eigenvalue weighted by atomic mass is 10.2. The van der Waals surface area contributed by atoms with Gasteiger partial charge in [0.05, 0.1) is 37.6 Å². The average Bonchev–Trinajstić information content (AvgIpc) is 2.86. The van der Waals surface area contributed by atoms with Crippen molar-refractivity contribution in [3.05, 3.63) is 22.7 Å². The van der Waals surface area contributed by atoms with E-state index in [9.17, 15) is 19.2 Å². The Labute approximate surface area is 158 Å². The number of carbonyl (C=O) groups excluding carboxylic acids is 4. The molecular formula is C18H26O9. The first-order chi connectivity index (χ1) is 12.7. The molecule has 0 fully saturated rings. The molecule has 0 aromatic heterocycles. The molecule has 0 aromatic carbocycles. The monoisotopic (exact) mass is 386 g/mol. The van der Waals surface area contributed by atoms with Gasteiger partial charge in [-0.3, -0.25) is 0 Å². The minimum absolute atomic E-state index is 0.0394. The van der Waals surface area contributed by atoms with E-state index in [1.165, 1.54) is 13.8 Å². The molecule has 0 amide bonds. The molecule has 0 saturated heterocycles. The van der Waals surface area contributed by atoms with E-state index in [4.69, 9.17) is 18.9 Å². The van der Waals surface area contributed by atoms with Crippen molar-refractivity contribution in [2.45, 2.75) is 41.5 Å². The first-order valence-corrected chi connectivity index (χ1v) is 8.52. The van der Waals surface area contributed by atoms with Crippen LogP contribution in [0, 0.1) is 0 Å². The topological polar surface area (TPSA) is 114 Å². The largest absolute Gasteiger partial charge is 0.486 e. The summed E-state index contributed by atoms with van der Waals surface area (Å²) in [6.07, 6.45) is 0. The van der Waals surface area contributed by atoms with E-state index in [1.54, 1.807) is 27.7 Å². The van der Waals surface area contributed by atoms with E-state index < -0.39 is 23.9 Å². The molecule has 0 aliphatic carbocycles. The second kappa shape index (κ2) is 12.5. The maximum Gasteiger partial charge on any atom is 0.382 e. The molecule has 0 N–H and O–H groups in total. The highest BCUT2D eigenvalue weighted by atomic mass is 16.6. The molecule has 0 atom stereocenters. The summed E-state index contributed by atoms with van der Waals surface area (Å²) in [6.45, 7) is 10.9. The van der Waals surface area contributed by atoms with Gasteiger partial charge in [0.15, 0.2) is 0 Å². The Kier molecular flexibility index (Phi) is 11.2. The zero-order valence-corrected chi connectivity index (χ0v) is 16.5. The molecule has 0 spiro atoms. The predicted molar refractivity (Wildman–Crippen MR) is 93.0 cm³/mol. The number of esters is 4. The molecule has 1 aliphatic rings. The fourth-order valence-electron chi connectivity index (χ4n) is 1.76. The Morgan fingerprint density at radius 3 is 1.74 bits per heavy atom. The molecule has 0 aromatic rings. The van der Waals surface area contributed by atoms with Crippen LogP contribution in [0.2, 0.25) is 0 Å². The molecule has 9 heteroatoms. The lowest BCUT2D eigenvalue weighted by Crippen LogP contribution is -2.17. The molecule has 0 unspecified atom stereocenters. The second-order valence-electron chi connectivity index (χ2n) is 4.89. The van der Waals surface area contributed by atoms with Gasteiger partial charge in [0.25, 0.3) is 0 Å². The Bertz CT molecular complexity index is 629. The molecule has 27 heavy (non-hydrogen) atoms. The fourth-order valence-corrected chi connectivity index (χ4v) is 1.76. The summed E-state index contributed by atoms with van der Waals surface area (Å²) in [5.41, 5.74) is 0.374. The normalized spacial score (nSPS) is 13.9. The van der Waals surface area contributed by atoms with Crippen LogP contribution in [0.3, 0.4) is 0 Å². The van der Waals surface area contributed by atoms with Crippen molar-refractivity contribution in [1.82, 2.24) is 0 Å². The van der Waals surface area contributed by atoms with Crippen LogP contribution < -0.4 is 0 Å². The van der Waals surface area contributed by atoms with Gasteiger partial charge >= 0.3 is 23.9 Å². The smallest absolute Gasteiger partial charge is 0.382 e. The first kappa shape index (κ1) is 24.2. The summed E-state index contributed by atoms with van der Waals surface area (Å²) in [5.74, 6) is -2.55. The van der Waals surface area contributed by atoms with Crippen molar-refractivity contribution < 1.29 is 42.9 Å². The Morgan fingerprint density at radius 1 is 0.815 bits per heavy atom. The molecule has 152 valence electrons. The van der Waals surface area contributed by atoms with E-state index >= 15 is 0 Å². The summed E-state index contributed by atoms with van der Waals surface area (Å²) in [5, 5.41) is 0. The number of hydrogen-bond acceptors (Lipinski definition) is 9. The SMILES string of the molecule is CCOC(=O)/C(C)=C(/OCC)C(=O)OCC.CCOC1=C(C)C(=O)OC1=O. The number of ether oxygens (including phenoxy) is 5. The Morgan fingerprint density at radius 2 is 1.33 bits per heavy atom. The van der Waals surface area contributed by atoms with Crippen molar-refractivity contribution in [2.75, 3.05) is 26.4 Å². The van der Waals surface area contributed by atoms with Crippen LogP contribution in [0.25, 0.3) is 0 Å². The van der Waals surface area contributed by atoms with Crippen LogP contribution in [0.15, 0.2) is 22.7 Å². The quantitative estimate of drug-likeness (QED) is 0.202. The molecule has 1 aliphatic heterocycles. The van der Waals surface area contributed by atoms with Gasteiger partial charge in [0.2, 0.25) is 11.5 Å². The van der Waals surface area contributed by atoms with Gasteiger partial charge in [0, 0.05) is 0 Å². The summed E-state index contributed by atoms with van der Waals surface area (Å²) in [4.78, 5) is 44.3. The van der Waals surface area contributed by atoms with Gasteiger partial charge in [0.1, 0.15) is 0 Å². The van der Waals surface area contributed by atoms with Gasteiger partial charge in [-0.2, -0.15) is 0 Å². The molecule has 0 bridgehead atoms. The van der Waals surface area contributed by atoms with Gasteiger partial charge in [-0.25, -0.2) is 19.2 Å². The van der Waals surface area contributed by atoms with Crippen LogP contribution in [-0.2, 0) is 42.9 Å². The van der Waals surface area contributed by atoms with Crippen LogP contribution >= 0.6 is 0 Å². The number of rotatable bonds is 8. The maximum atomic E-state index is 11.5. The minimum Gasteiger partial charge on any atom is -0.486 e. The van der Waals surface area contributed by atoms with Gasteiger partial charge < -0.3 is 23.7 Å². The Balaban J connectivity index is 0.000000533. The third kappa shape index (κ3) is 7.51. The first-order valence-electron chi connectivity index (χ1n) is 8.52. The van der Waals surface area contributed by atoms with Crippen LogP contribution in [-0.4, -0.2) is 50.3 Å². The zero-order valence-electron chi connectivity index (χ0n) is 16.5. The van der Waals surface area contributed by atoms with Crippen molar-refractivity contribution in [2.24, 2.45) is 0 Å². The number of carbonyl (C=O) groups is 4. The summed E-state index contributed by atoms with van der Waals surface area (Å²) < 4.78 is 23.8. The lowest BCUT2D eigenvalue weighted by Gasteiger charge is -2.10. The van der Waals surface area contributed by atoms with Crippen LogP contribution in [0.5, 0.6) is 0 Å². The summed E-state index contributed by atoms with van der Waals surface area (Å²) in [6, 6.07) is 0. The molecule has 0 radical (unpaired) electrons. The van der Waals surface area contributed by atoms with E-state index in [1.807, 2.05) is 0 Å². The molecule has 0 saturated carbocycles. The molecule has 1 rings (SSSR count). The molecular weight excluding hydrogens is 360 g/mol. The highest BCUT2D eigenvalue weighted by molar-refractivity contribution is 6.10. The van der Waals surface area contributed by atoms with Crippen LogP contribution in [0.1, 0.15) is 41.5 Å². The standard InChI is InChI=1S/C11H18O5.C7H8O4/c1-5-14-9(11(13)16-7-3)8(4)10(12)15-6-2;1-3-10-5-4(2)6(8)11-7(5)9/h5-7H2,1-4H3;3H2,1-2H3/b9-8+;. The highest BCUT2D eigenvalue weighted by Gasteiger charge is 2.31. The van der Waals surface area contributed by atoms with Gasteiger partial charge in [-0.15, -0.1) is 0 Å². The fraction of sp³-hybridized carbons (Fsp3) is 0.556. The van der Waals surface area contributed by atoms with Gasteiger partial charge in [-0.05, 0) is 41.5 Å². The van der Waals surface area contributed by atoms with Crippen molar-refractivity contribution in [3.8, 4) is 0 Å². The van der Waals surface area contributed by atoms with E-state index in [0.717, 1.165) is 0 Å². The third-order valence-electron chi connectivity index (χ3n) is 2.98. The zero-order chi connectivity index (χ0) is 21.0. The van der Waals surface area contributed by atoms with Crippen molar-refractivity contribution in [1.29, 1.82) is 0 Å². The van der Waals surface area contributed by atoms with Crippen LogP contribution in [0.4, 0.5) is 0 Å². The summed E-state index contributed by atoms with van der Waals surface area (Å²) >= 11 is 0. The lowest BCUT2D eigenvalue weighted by molar-refractivity contribution is -0.152. The highest BCUT2D eigenvalue weighted by Crippen LogP contribution is 2.17. The Hall–Kier alpha value is -2.84. The molecule has 1 heterocycles. The van der Waals surface area contributed by atoms with E-state index in [-0.39, 0.29) is 42.5 Å².